The lowest BCUT2D eigenvalue weighted by atomic mass is 9.50. The number of pyridine rings is 1. The van der Waals surface area contributed by atoms with Gasteiger partial charge in [0.1, 0.15) is 0 Å². The quantitative estimate of drug-likeness (QED) is 0.438. The van der Waals surface area contributed by atoms with Gasteiger partial charge in [-0.2, -0.15) is 0 Å². The van der Waals surface area contributed by atoms with Crippen molar-refractivity contribution in [2.24, 2.45) is 11.8 Å². The summed E-state index contributed by atoms with van der Waals surface area (Å²) in [5.74, 6) is 1.63. The number of nitrogens with zero attached hydrogens (tertiary/aromatic N) is 1. The third-order valence-electron chi connectivity index (χ3n) is 7.91. The molecule has 4 fully saturated rings. The standard InChI is InChI=1S/C26H41N3O/c1-2-3-4-5-6-7-8-9-12-28-25-16-21-15-22(17-25)19-26(18-21,20-25)29-24(30)23-10-13-27-14-11-23/h10-11,13-14,21-22,28H,2-9,12,15-20H2,1H3,(H,29,30). The van der Waals surface area contributed by atoms with E-state index in [1.165, 1.54) is 83.5 Å². The van der Waals surface area contributed by atoms with Gasteiger partial charge in [-0.1, -0.05) is 51.9 Å². The summed E-state index contributed by atoms with van der Waals surface area (Å²) >= 11 is 0. The molecule has 4 saturated carbocycles. The van der Waals surface area contributed by atoms with Gasteiger partial charge in [0, 0.05) is 29.0 Å². The normalized spacial score (nSPS) is 31.8. The summed E-state index contributed by atoms with van der Waals surface area (Å²) in [6, 6.07) is 3.65. The monoisotopic (exact) mass is 411 g/mol. The number of hydrogen-bond donors (Lipinski definition) is 2. The highest BCUT2D eigenvalue weighted by Gasteiger charge is 2.57. The first-order chi connectivity index (χ1) is 14.6. The molecule has 4 nitrogen and oxygen atoms in total. The summed E-state index contributed by atoms with van der Waals surface area (Å²) in [5.41, 5.74) is 0.995. The first kappa shape index (κ1) is 21.8. The molecule has 2 unspecified atom stereocenters. The van der Waals surface area contributed by atoms with E-state index in [2.05, 4.69) is 22.5 Å². The minimum absolute atomic E-state index is 0.00326. The van der Waals surface area contributed by atoms with Gasteiger partial charge in [0.25, 0.3) is 5.91 Å². The number of aromatic nitrogens is 1. The van der Waals surface area contributed by atoms with E-state index < -0.39 is 0 Å². The molecule has 0 spiro atoms. The molecule has 4 heteroatoms. The van der Waals surface area contributed by atoms with Crippen molar-refractivity contribution in [2.75, 3.05) is 6.54 Å². The predicted molar refractivity (Wildman–Crippen MR) is 122 cm³/mol. The zero-order valence-electron chi connectivity index (χ0n) is 18.9. The van der Waals surface area contributed by atoms with Gasteiger partial charge < -0.3 is 10.6 Å². The molecule has 30 heavy (non-hydrogen) atoms. The van der Waals surface area contributed by atoms with Crippen LogP contribution in [0.5, 0.6) is 0 Å². The van der Waals surface area contributed by atoms with E-state index >= 15 is 0 Å². The Morgan fingerprint density at radius 1 is 0.933 bits per heavy atom. The van der Waals surface area contributed by atoms with Gasteiger partial charge in [0.15, 0.2) is 0 Å². The summed E-state index contributed by atoms with van der Waals surface area (Å²) < 4.78 is 0. The van der Waals surface area contributed by atoms with E-state index in [0.29, 0.717) is 0 Å². The lowest BCUT2D eigenvalue weighted by Gasteiger charge is -2.62. The predicted octanol–water partition coefficient (Wildman–Crippen LogP) is 5.63. The van der Waals surface area contributed by atoms with Crippen LogP contribution < -0.4 is 10.6 Å². The maximum Gasteiger partial charge on any atom is 0.251 e. The lowest BCUT2D eigenvalue weighted by molar-refractivity contribution is -0.0483. The van der Waals surface area contributed by atoms with E-state index in [1.807, 2.05) is 12.1 Å². The molecule has 1 aromatic rings. The number of carbonyl (C=O) groups excluding carboxylic acids is 1. The van der Waals surface area contributed by atoms with Crippen LogP contribution in [0.15, 0.2) is 24.5 Å². The molecule has 0 radical (unpaired) electrons. The molecule has 1 heterocycles. The average molecular weight is 412 g/mol. The maximum atomic E-state index is 12.9. The Morgan fingerprint density at radius 2 is 1.53 bits per heavy atom. The van der Waals surface area contributed by atoms with Crippen molar-refractivity contribution < 1.29 is 4.79 Å². The highest BCUT2D eigenvalue weighted by atomic mass is 16.1. The van der Waals surface area contributed by atoms with E-state index in [4.69, 9.17) is 0 Å². The number of unbranched alkanes of at least 4 members (excludes halogenated alkanes) is 7. The van der Waals surface area contributed by atoms with Gasteiger partial charge in [-0.15, -0.1) is 0 Å². The zero-order valence-corrected chi connectivity index (χ0v) is 18.9. The van der Waals surface area contributed by atoms with Crippen LogP contribution in [0, 0.1) is 11.8 Å². The largest absolute Gasteiger partial charge is 0.347 e. The molecule has 4 aliphatic rings. The van der Waals surface area contributed by atoms with Gasteiger partial charge in [0.2, 0.25) is 0 Å². The van der Waals surface area contributed by atoms with Crippen LogP contribution in [0.4, 0.5) is 0 Å². The maximum absolute atomic E-state index is 12.9. The first-order valence-corrected chi connectivity index (χ1v) is 12.6. The molecule has 0 aliphatic heterocycles. The Bertz CT molecular complexity index is 675. The third kappa shape index (κ3) is 5.25. The Balaban J connectivity index is 1.27. The molecule has 4 bridgehead atoms. The molecular weight excluding hydrogens is 370 g/mol. The van der Waals surface area contributed by atoms with E-state index in [-0.39, 0.29) is 17.0 Å². The van der Waals surface area contributed by atoms with Crippen molar-refractivity contribution in [3.8, 4) is 0 Å². The van der Waals surface area contributed by atoms with Crippen molar-refractivity contribution in [1.29, 1.82) is 0 Å². The second-order valence-corrected chi connectivity index (χ2v) is 10.6. The summed E-state index contributed by atoms with van der Waals surface area (Å²) in [7, 11) is 0. The zero-order chi connectivity index (χ0) is 20.9. The van der Waals surface area contributed by atoms with Crippen molar-refractivity contribution in [3.63, 3.8) is 0 Å². The molecule has 0 saturated heterocycles. The second-order valence-electron chi connectivity index (χ2n) is 10.6. The highest BCUT2D eigenvalue weighted by Crippen LogP contribution is 2.57. The minimum atomic E-state index is -0.00326. The van der Waals surface area contributed by atoms with Crippen LogP contribution in [0.25, 0.3) is 0 Å². The smallest absolute Gasteiger partial charge is 0.251 e. The number of amides is 1. The third-order valence-corrected chi connectivity index (χ3v) is 7.91. The van der Waals surface area contributed by atoms with Gasteiger partial charge in [0.05, 0.1) is 0 Å². The van der Waals surface area contributed by atoms with E-state index in [0.717, 1.165) is 30.4 Å². The van der Waals surface area contributed by atoms with Crippen LogP contribution in [0.3, 0.4) is 0 Å². The molecule has 5 rings (SSSR count). The summed E-state index contributed by atoms with van der Waals surface area (Å²) in [4.78, 5) is 16.9. The SMILES string of the molecule is CCCCCCCCCCNC12CC3CC(C1)CC(NC(=O)c1ccncc1)(C3)C2. The summed E-state index contributed by atoms with van der Waals surface area (Å²) in [5, 5.41) is 7.51. The first-order valence-electron chi connectivity index (χ1n) is 12.6. The number of hydrogen-bond acceptors (Lipinski definition) is 3. The van der Waals surface area contributed by atoms with Crippen molar-refractivity contribution in [1.82, 2.24) is 15.6 Å². The number of nitrogens with one attached hydrogen (secondary N) is 2. The molecule has 2 atom stereocenters. The fourth-order valence-electron chi connectivity index (χ4n) is 7.04. The van der Waals surface area contributed by atoms with Crippen molar-refractivity contribution in [2.45, 2.75) is 108 Å². The van der Waals surface area contributed by atoms with Gasteiger partial charge in [-0.05, 0) is 75.5 Å². The highest BCUT2D eigenvalue weighted by molar-refractivity contribution is 5.94. The van der Waals surface area contributed by atoms with Crippen LogP contribution in [0.2, 0.25) is 0 Å². The number of rotatable bonds is 12. The average Bonchev–Trinajstić information content (AvgIpc) is 2.72. The molecule has 1 aromatic heterocycles. The fraction of sp³-hybridized carbons (Fsp3) is 0.769. The van der Waals surface area contributed by atoms with Gasteiger partial charge in [-0.3, -0.25) is 9.78 Å². The molecule has 0 aromatic carbocycles. The van der Waals surface area contributed by atoms with Crippen LogP contribution in [0.1, 0.15) is 107 Å². The van der Waals surface area contributed by atoms with Gasteiger partial charge in [-0.25, -0.2) is 0 Å². The lowest BCUT2D eigenvalue weighted by Crippen LogP contribution is -2.69. The Hall–Kier alpha value is -1.42. The molecule has 2 N–H and O–H groups in total. The molecule has 1 amide bonds. The minimum Gasteiger partial charge on any atom is -0.347 e. The Labute approximate surface area is 183 Å². The topological polar surface area (TPSA) is 54.0 Å². The Kier molecular flexibility index (Phi) is 7.12. The van der Waals surface area contributed by atoms with Crippen LogP contribution in [-0.2, 0) is 0 Å². The van der Waals surface area contributed by atoms with Crippen molar-refractivity contribution in [3.05, 3.63) is 30.1 Å². The number of carbonyl (C=O) groups is 1. The van der Waals surface area contributed by atoms with E-state index in [1.54, 1.807) is 12.4 Å². The van der Waals surface area contributed by atoms with Crippen LogP contribution >= 0.6 is 0 Å². The van der Waals surface area contributed by atoms with Crippen molar-refractivity contribution >= 4 is 5.91 Å². The molecular formula is C26H41N3O. The summed E-state index contributed by atoms with van der Waals surface area (Å²) in [6.07, 6.45) is 21.8. The summed E-state index contributed by atoms with van der Waals surface area (Å²) in [6.45, 7) is 3.42. The van der Waals surface area contributed by atoms with Gasteiger partial charge >= 0.3 is 0 Å². The Morgan fingerprint density at radius 3 is 2.20 bits per heavy atom. The fourth-order valence-corrected chi connectivity index (χ4v) is 7.04. The van der Waals surface area contributed by atoms with Crippen LogP contribution in [-0.4, -0.2) is 28.5 Å². The molecule has 166 valence electrons. The molecule has 4 aliphatic carbocycles. The van der Waals surface area contributed by atoms with E-state index in [9.17, 15) is 4.79 Å². The second kappa shape index (κ2) is 9.80.